The minimum atomic E-state index is -0.595. The Labute approximate surface area is 209 Å². The number of benzene rings is 2. The number of carbonyl (C=O) groups is 2. The molecule has 190 valence electrons. The summed E-state index contributed by atoms with van der Waals surface area (Å²) in [6.45, 7) is 16.4. The first-order valence-corrected chi connectivity index (χ1v) is 11.9. The van der Waals surface area contributed by atoms with E-state index in [1.807, 2.05) is 26.0 Å². The van der Waals surface area contributed by atoms with Crippen LogP contribution >= 0.6 is 0 Å². The molecule has 0 heterocycles. The van der Waals surface area contributed by atoms with Crippen molar-refractivity contribution in [2.24, 2.45) is 5.41 Å². The average Bonchev–Trinajstić information content (AvgIpc) is 2.77. The molecule has 0 radical (unpaired) electrons. The Morgan fingerprint density at radius 3 is 2.00 bits per heavy atom. The quantitative estimate of drug-likeness (QED) is 0.164. The molecule has 0 saturated carbocycles. The van der Waals surface area contributed by atoms with Crippen molar-refractivity contribution in [3.8, 4) is 17.2 Å². The second-order valence-electron chi connectivity index (χ2n) is 10.1. The average molecular weight is 483 g/mol. The van der Waals surface area contributed by atoms with Crippen LogP contribution in [0, 0.1) is 5.41 Å². The molecule has 0 fully saturated rings. The molecule has 0 spiro atoms. The number of hydrogen-bond donors (Lipinski definition) is 0. The van der Waals surface area contributed by atoms with E-state index in [1.54, 1.807) is 51.1 Å². The van der Waals surface area contributed by atoms with Crippen LogP contribution in [-0.2, 0) is 14.9 Å². The van der Waals surface area contributed by atoms with E-state index in [0.29, 0.717) is 30.3 Å². The van der Waals surface area contributed by atoms with Gasteiger partial charge in [0.1, 0.15) is 17.2 Å². The van der Waals surface area contributed by atoms with Crippen LogP contribution in [0.15, 0.2) is 42.5 Å². The van der Waals surface area contributed by atoms with Crippen molar-refractivity contribution in [2.45, 2.75) is 60.8 Å². The van der Waals surface area contributed by atoms with Gasteiger partial charge in [0.25, 0.3) is 0 Å². The van der Waals surface area contributed by atoms with Gasteiger partial charge in [-0.1, -0.05) is 26.8 Å². The third-order valence-electron chi connectivity index (χ3n) is 5.12. The van der Waals surface area contributed by atoms with Crippen LogP contribution in [0.5, 0.6) is 17.2 Å². The van der Waals surface area contributed by atoms with Crippen LogP contribution in [0.1, 0.15) is 76.9 Å². The Balaban J connectivity index is 2.22. The number of rotatable bonds is 10. The van der Waals surface area contributed by atoms with E-state index in [-0.39, 0.29) is 24.0 Å². The zero-order valence-electron chi connectivity index (χ0n) is 22.2. The van der Waals surface area contributed by atoms with E-state index in [4.69, 9.17) is 18.9 Å². The molecule has 35 heavy (non-hydrogen) atoms. The van der Waals surface area contributed by atoms with Gasteiger partial charge in [-0.2, -0.15) is 0 Å². The van der Waals surface area contributed by atoms with Crippen LogP contribution < -0.4 is 14.2 Å². The predicted molar refractivity (Wildman–Crippen MR) is 138 cm³/mol. The standard InChI is InChI=1S/C29H38O6/c1-9-32-25-18-16-23(28(3,4)5)26(33-10-2)22(25)15-17-24(30)20-11-13-21(14-12-20)34-19-35-27(31)29(6,7)8/h11-18H,9-10,19H2,1-8H3. The lowest BCUT2D eigenvalue weighted by atomic mass is 9.84. The molecule has 2 aromatic carbocycles. The lowest BCUT2D eigenvalue weighted by molar-refractivity contribution is -0.159. The highest BCUT2D eigenvalue weighted by Gasteiger charge is 2.24. The molecule has 2 aromatic rings. The molecule has 6 heteroatoms. The van der Waals surface area contributed by atoms with Crippen molar-refractivity contribution in [3.63, 3.8) is 0 Å². The molecular weight excluding hydrogens is 444 g/mol. The van der Waals surface area contributed by atoms with Crippen LogP contribution in [-0.4, -0.2) is 31.8 Å². The zero-order valence-corrected chi connectivity index (χ0v) is 22.2. The van der Waals surface area contributed by atoms with Gasteiger partial charge in [-0.25, -0.2) is 0 Å². The van der Waals surface area contributed by atoms with Gasteiger partial charge < -0.3 is 18.9 Å². The molecular formula is C29H38O6. The van der Waals surface area contributed by atoms with Crippen molar-refractivity contribution < 1.29 is 28.5 Å². The number of ketones is 1. The maximum Gasteiger partial charge on any atom is 0.314 e. The number of hydrogen-bond acceptors (Lipinski definition) is 6. The molecule has 0 aromatic heterocycles. The van der Waals surface area contributed by atoms with E-state index in [9.17, 15) is 9.59 Å². The second-order valence-corrected chi connectivity index (χ2v) is 10.1. The smallest absolute Gasteiger partial charge is 0.314 e. The van der Waals surface area contributed by atoms with Crippen molar-refractivity contribution in [1.29, 1.82) is 0 Å². The van der Waals surface area contributed by atoms with E-state index >= 15 is 0 Å². The lowest BCUT2D eigenvalue weighted by Gasteiger charge is -2.25. The highest BCUT2D eigenvalue weighted by atomic mass is 16.7. The third-order valence-corrected chi connectivity index (χ3v) is 5.12. The first kappa shape index (κ1) is 28.0. The van der Waals surface area contributed by atoms with Crippen LogP contribution in [0.2, 0.25) is 0 Å². The fourth-order valence-corrected chi connectivity index (χ4v) is 3.25. The molecule has 0 aliphatic carbocycles. The highest BCUT2D eigenvalue weighted by Crippen LogP contribution is 2.40. The van der Waals surface area contributed by atoms with Crippen molar-refractivity contribution in [3.05, 3.63) is 59.2 Å². The molecule has 0 aliphatic rings. The zero-order chi connectivity index (χ0) is 26.2. The Kier molecular flexibility index (Phi) is 9.52. The fraction of sp³-hybridized carbons (Fsp3) is 0.448. The molecule has 0 bridgehead atoms. The van der Waals surface area contributed by atoms with Gasteiger partial charge in [0, 0.05) is 11.1 Å². The molecule has 0 amide bonds. The number of esters is 1. The normalized spacial score (nSPS) is 11.9. The molecule has 2 rings (SSSR count). The number of allylic oxidation sites excluding steroid dienone is 1. The fourth-order valence-electron chi connectivity index (χ4n) is 3.25. The van der Waals surface area contributed by atoms with E-state index in [1.165, 1.54) is 6.08 Å². The summed E-state index contributed by atoms with van der Waals surface area (Å²) in [6.07, 6.45) is 3.28. The van der Waals surface area contributed by atoms with Crippen LogP contribution in [0.4, 0.5) is 0 Å². The summed E-state index contributed by atoms with van der Waals surface area (Å²) in [5, 5.41) is 0. The van der Waals surface area contributed by atoms with E-state index < -0.39 is 5.41 Å². The molecule has 0 N–H and O–H groups in total. The Hall–Kier alpha value is -3.28. The van der Waals surface area contributed by atoms with Crippen molar-refractivity contribution in [2.75, 3.05) is 20.0 Å². The summed E-state index contributed by atoms with van der Waals surface area (Å²) in [7, 11) is 0. The van der Waals surface area contributed by atoms with Gasteiger partial charge >= 0.3 is 5.97 Å². The molecule has 0 aliphatic heterocycles. The second kappa shape index (κ2) is 11.9. The van der Waals surface area contributed by atoms with Crippen LogP contribution in [0.3, 0.4) is 0 Å². The van der Waals surface area contributed by atoms with Gasteiger partial charge in [-0.15, -0.1) is 0 Å². The maximum atomic E-state index is 12.9. The topological polar surface area (TPSA) is 71.1 Å². The maximum absolute atomic E-state index is 12.9. The summed E-state index contributed by atoms with van der Waals surface area (Å²) in [5.41, 5.74) is 1.56. The van der Waals surface area contributed by atoms with Crippen LogP contribution in [0.25, 0.3) is 6.08 Å². The first-order valence-electron chi connectivity index (χ1n) is 11.9. The summed E-state index contributed by atoms with van der Waals surface area (Å²) in [6, 6.07) is 10.6. The highest BCUT2D eigenvalue weighted by molar-refractivity contribution is 6.07. The summed E-state index contributed by atoms with van der Waals surface area (Å²) in [4.78, 5) is 24.7. The van der Waals surface area contributed by atoms with Gasteiger partial charge in [-0.3, -0.25) is 9.59 Å². The minimum Gasteiger partial charge on any atom is -0.493 e. The monoisotopic (exact) mass is 482 g/mol. The molecule has 6 nitrogen and oxygen atoms in total. The predicted octanol–water partition coefficient (Wildman–Crippen LogP) is 6.60. The largest absolute Gasteiger partial charge is 0.493 e. The first-order chi connectivity index (χ1) is 16.4. The minimum absolute atomic E-state index is 0.140. The van der Waals surface area contributed by atoms with Gasteiger partial charge in [0.2, 0.25) is 6.79 Å². The summed E-state index contributed by atoms with van der Waals surface area (Å²) >= 11 is 0. The van der Waals surface area contributed by atoms with Crippen molar-refractivity contribution >= 4 is 17.8 Å². The number of carbonyl (C=O) groups excluding carboxylic acids is 2. The van der Waals surface area contributed by atoms with E-state index in [0.717, 1.165) is 16.9 Å². The molecule has 0 unspecified atom stereocenters. The summed E-state index contributed by atoms with van der Waals surface area (Å²) < 4.78 is 22.4. The summed E-state index contributed by atoms with van der Waals surface area (Å²) in [5.74, 6) is 1.39. The number of ether oxygens (including phenoxy) is 4. The lowest BCUT2D eigenvalue weighted by Crippen LogP contribution is -2.24. The van der Waals surface area contributed by atoms with E-state index in [2.05, 4.69) is 20.8 Å². The SMILES string of the molecule is CCOc1ccc(C(C)(C)C)c(OCC)c1C=CC(=O)c1ccc(OCOC(=O)C(C)(C)C)cc1. The van der Waals surface area contributed by atoms with Gasteiger partial charge in [0.15, 0.2) is 5.78 Å². The Bertz CT molecular complexity index is 1040. The Morgan fingerprint density at radius 2 is 1.46 bits per heavy atom. The molecule has 0 atom stereocenters. The molecule has 0 saturated heterocycles. The van der Waals surface area contributed by atoms with Crippen molar-refractivity contribution in [1.82, 2.24) is 0 Å². The Morgan fingerprint density at radius 1 is 0.829 bits per heavy atom. The van der Waals surface area contributed by atoms with Gasteiger partial charge in [0.05, 0.1) is 24.2 Å². The van der Waals surface area contributed by atoms with Gasteiger partial charge in [-0.05, 0) is 82.5 Å². The third kappa shape index (κ3) is 7.88.